The monoisotopic (exact) mass is 495 g/mol. The van der Waals surface area contributed by atoms with Crippen LogP contribution in [-0.2, 0) is 10.0 Å². The maximum atomic E-state index is 13.1. The van der Waals surface area contributed by atoms with E-state index in [1.54, 1.807) is 35.6 Å². The highest BCUT2D eigenvalue weighted by Crippen LogP contribution is 2.33. The summed E-state index contributed by atoms with van der Waals surface area (Å²) in [6.45, 7) is 1.29. The van der Waals surface area contributed by atoms with Crippen LogP contribution in [-0.4, -0.2) is 37.3 Å². The number of halogens is 1. The Morgan fingerprint density at radius 1 is 1.03 bits per heavy atom. The van der Waals surface area contributed by atoms with Crippen molar-refractivity contribution in [3.63, 3.8) is 0 Å². The molecule has 174 valence electrons. The molecule has 0 spiro atoms. The van der Waals surface area contributed by atoms with Crippen LogP contribution in [0.2, 0.25) is 0 Å². The number of rotatable bonds is 5. The van der Waals surface area contributed by atoms with E-state index in [9.17, 15) is 17.6 Å². The van der Waals surface area contributed by atoms with E-state index >= 15 is 0 Å². The molecule has 1 aliphatic heterocycles. The number of piperidine rings is 1. The molecule has 3 aromatic carbocycles. The number of sulfonamides is 1. The molecule has 2 heterocycles. The van der Waals surface area contributed by atoms with Crippen molar-refractivity contribution in [3.8, 4) is 0 Å². The van der Waals surface area contributed by atoms with E-state index in [0.29, 0.717) is 24.3 Å². The smallest absolute Gasteiger partial charge is 0.261 e. The number of anilines is 1. The summed E-state index contributed by atoms with van der Waals surface area (Å²) in [4.78, 5) is 19.7. The molecule has 1 saturated heterocycles. The minimum atomic E-state index is -3.85. The molecule has 1 aliphatic rings. The molecule has 6 nitrogen and oxygen atoms in total. The Hall–Kier alpha value is -3.30. The van der Waals surface area contributed by atoms with Crippen molar-refractivity contribution in [2.75, 3.05) is 17.8 Å². The summed E-state index contributed by atoms with van der Waals surface area (Å²) in [5.74, 6) is -0.388. The number of amides is 1. The van der Waals surface area contributed by atoms with Gasteiger partial charge in [0.2, 0.25) is 0 Å². The number of fused-ring (bicyclic) bond motifs is 1. The molecule has 34 heavy (non-hydrogen) atoms. The lowest BCUT2D eigenvalue weighted by molar-refractivity contribution is 0.0707. The van der Waals surface area contributed by atoms with Crippen LogP contribution in [0.4, 0.5) is 10.1 Å². The van der Waals surface area contributed by atoms with Crippen LogP contribution in [0, 0.1) is 5.82 Å². The number of carbonyl (C=O) groups is 1. The Morgan fingerprint density at radius 3 is 2.50 bits per heavy atom. The molecular formula is C25H22FN3O3S2. The molecule has 0 radical (unpaired) electrons. The number of hydrogen-bond donors (Lipinski definition) is 1. The van der Waals surface area contributed by atoms with Gasteiger partial charge in [0.25, 0.3) is 15.9 Å². The lowest BCUT2D eigenvalue weighted by Crippen LogP contribution is -2.39. The van der Waals surface area contributed by atoms with Crippen molar-refractivity contribution in [1.82, 2.24) is 9.88 Å². The Bertz CT molecular complexity index is 1400. The predicted molar refractivity (Wildman–Crippen MR) is 131 cm³/mol. The average molecular weight is 496 g/mol. The summed E-state index contributed by atoms with van der Waals surface area (Å²) >= 11 is 1.68. The largest absolute Gasteiger partial charge is 0.338 e. The first-order valence-electron chi connectivity index (χ1n) is 10.9. The molecule has 1 atom stereocenters. The quantitative estimate of drug-likeness (QED) is 0.410. The Labute approximate surface area is 201 Å². The van der Waals surface area contributed by atoms with Gasteiger partial charge in [0.05, 0.1) is 20.1 Å². The summed E-state index contributed by atoms with van der Waals surface area (Å²) in [5.41, 5.74) is 1.81. The molecule has 4 aromatic rings. The van der Waals surface area contributed by atoms with E-state index in [-0.39, 0.29) is 16.7 Å². The first-order chi connectivity index (χ1) is 16.4. The summed E-state index contributed by atoms with van der Waals surface area (Å²) < 4.78 is 41.7. The van der Waals surface area contributed by atoms with Crippen molar-refractivity contribution in [3.05, 3.63) is 89.2 Å². The Kier molecular flexibility index (Phi) is 6.05. The van der Waals surface area contributed by atoms with Gasteiger partial charge in [-0.1, -0.05) is 12.1 Å². The number of benzene rings is 3. The second-order valence-corrected chi connectivity index (χ2v) is 11.0. The average Bonchev–Trinajstić information content (AvgIpc) is 3.29. The van der Waals surface area contributed by atoms with Crippen molar-refractivity contribution in [1.29, 1.82) is 0 Å². The van der Waals surface area contributed by atoms with E-state index in [1.165, 1.54) is 12.1 Å². The molecule has 9 heteroatoms. The van der Waals surface area contributed by atoms with Gasteiger partial charge in [0, 0.05) is 30.3 Å². The molecule has 1 N–H and O–H groups in total. The van der Waals surface area contributed by atoms with Gasteiger partial charge >= 0.3 is 0 Å². The number of para-hydroxylation sites is 1. The summed E-state index contributed by atoms with van der Waals surface area (Å²) in [5, 5.41) is 1.06. The number of carbonyl (C=O) groups excluding carboxylic acids is 1. The standard InChI is InChI=1S/C25H22FN3O3S2/c26-19-9-13-21(14-10-19)34(31,32)28-20-11-7-17(8-12-20)25(30)29-15-3-4-18(16-29)24-27-22-5-1-2-6-23(22)33-24/h1-2,5-14,18,28H,3-4,15-16H2/t18-/m0/s1. The second-order valence-electron chi connectivity index (χ2n) is 8.25. The lowest BCUT2D eigenvalue weighted by atomic mass is 9.98. The zero-order valence-electron chi connectivity index (χ0n) is 18.1. The summed E-state index contributed by atoms with van der Waals surface area (Å²) in [6.07, 6.45) is 1.90. The number of aromatic nitrogens is 1. The van der Waals surface area contributed by atoms with Crippen molar-refractivity contribution in [2.45, 2.75) is 23.7 Å². The zero-order valence-corrected chi connectivity index (χ0v) is 19.8. The van der Waals surface area contributed by atoms with E-state index < -0.39 is 15.8 Å². The minimum Gasteiger partial charge on any atom is -0.338 e. The summed E-state index contributed by atoms with van der Waals surface area (Å²) in [6, 6.07) is 19.0. The van der Waals surface area contributed by atoms with Crippen molar-refractivity contribution >= 4 is 43.2 Å². The molecule has 1 aromatic heterocycles. The Morgan fingerprint density at radius 2 is 1.76 bits per heavy atom. The maximum Gasteiger partial charge on any atom is 0.261 e. The van der Waals surface area contributed by atoms with Crippen LogP contribution < -0.4 is 4.72 Å². The van der Waals surface area contributed by atoms with Gasteiger partial charge in [-0.05, 0) is 73.5 Å². The highest BCUT2D eigenvalue weighted by atomic mass is 32.2. The second kappa shape index (κ2) is 9.15. The minimum absolute atomic E-state index is 0.0386. The van der Waals surface area contributed by atoms with Crippen LogP contribution in [0.3, 0.4) is 0 Å². The highest BCUT2D eigenvalue weighted by molar-refractivity contribution is 7.92. The normalized spacial score (nSPS) is 16.5. The number of thiazole rings is 1. The molecule has 0 bridgehead atoms. The van der Waals surface area contributed by atoms with Crippen molar-refractivity contribution < 1.29 is 17.6 Å². The van der Waals surface area contributed by atoms with Gasteiger partial charge in [0.1, 0.15) is 5.82 Å². The third kappa shape index (κ3) is 4.67. The first-order valence-corrected chi connectivity index (χ1v) is 13.2. The molecular weight excluding hydrogens is 473 g/mol. The van der Waals surface area contributed by atoms with Crippen LogP contribution in [0.15, 0.2) is 77.7 Å². The lowest BCUT2D eigenvalue weighted by Gasteiger charge is -2.32. The van der Waals surface area contributed by atoms with E-state index in [1.807, 2.05) is 23.1 Å². The molecule has 0 unspecified atom stereocenters. The third-order valence-corrected chi connectivity index (χ3v) is 8.47. The molecule has 1 amide bonds. The zero-order chi connectivity index (χ0) is 23.7. The van der Waals surface area contributed by atoms with Crippen LogP contribution in [0.5, 0.6) is 0 Å². The van der Waals surface area contributed by atoms with Gasteiger partial charge in [-0.15, -0.1) is 11.3 Å². The molecule has 1 fully saturated rings. The number of nitrogens with one attached hydrogen (secondary N) is 1. The van der Waals surface area contributed by atoms with Crippen molar-refractivity contribution in [2.24, 2.45) is 0 Å². The fraction of sp³-hybridized carbons (Fsp3) is 0.200. The first kappa shape index (κ1) is 22.5. The van der Waals surface area contributed by atoms with E-state index in [4.69, 9.17) is 4.98 Å². The number of likely N-dealkylation sites (tertiary alicyclic amines) is 1. The van der Waals surface area contributed by atoms with Gasteiger partial charge in [-0.2, -0.15) is 0 Å². The van der Waals surface area contributed by atoms with Crippen LogP contribution >= 0.6 is 11.3 Å². The van der Waals surface area contributed by atoms with Crippen LogP contribution in [0.25, 0.3) is 10.2 Å². The fourth-order valence-electron chi connectivity index (χ4n) is 4.12. The highest BCUT2D eigenvalue weighted by Gasteiger charge is 2.27. The van der Waals surface area contributed by atoms with E-state index in [2.05, 4.69) is 10.8 Å². The third-order valence-electron chi connectivity index (χ3n) is 5.88. The molecule has 0 aliphatic carbocycles. The number of hydrogen-bond acceptors (Lipinski definition) is 5. The molecule has 5 rings (SSSR count). The Balaban J connectivity index is 1.27. The van der Waals surface area contributed by atoms with Gasteiger partial charge in [-0.25, -0.2) is 17.8 Å². The molecule has 0 saturated carbocycles. The van der Waals surface area contributed by atoms with Gasteiger partial charge < -0.3 is 4.90 Å². The SMILES string of the molecule is O=C(c1ccc(NS(=O)(=O)c2ccc(F)cc2)cc1)N1CCC[C@H](c2nc3ccccc3s2)C1. The number of nitrogens with zero attached hydrogens (tertiary/aromatic N) is 2. The van der Waals surface area contributed by atoms with Crippen LogP contribution in [0.1, 0.15) is 34.1 Å². The topological polar surface area (TPSA) is 79.4 Å². The van der Waals surface area contributed by atoms with Gasteiger partial charge in [-0.3, -0.25) is 9.52 Å². The predicted octanol–water partition coefficient (Wildman–Crippen LogP) is 5.26. The summed E-state index contributed by atoms with van der Waals surface area (Å²) in [7, 11) is -3.85. The fourth-order valence-corrected chi connectivity index (χ4v) is 6.27. The van der Waals surface area contributed by atoms with E-state index in [0.717, 1.165) is 40.2 Å². The maximum absolute atomic E-state index is 13.1. The van der Waals surface area contributed by atoms with Gasteiger partial charge in [0.15, 0.2) is 0 Å².